The van der Waals surface area contributed by atoms with Crippen molar-refractivity contribution < 1.29 is 4.42 Å². The van der Waals surface area contributed by atoms with Crippen LogP contribution < -0.4 is 10.6 Å². The van der Waals surface area contributed by atoms with E-state index in [1.807, 2.05) is 18.2 Å². The fraction of sp³-hybridized carbons (Fsp3) is 0.417. The van der Waals surface area contributed by atoms with Gasteiger partial charge in [-0.3, -0.25) is 0 Å². The second-order valence-corrected chi connectivity index (χ2v) is 4.88. The normalized spacial score (nSPS) is 20.4. The first-order chi connectivity index (χ1) is 8.26. The summed E-state index contributed by atoms with van der Waals surface area (Å²) in [5, 5.41) is 0.679. The number of nitrogens with two attached hydrogens (primary N) is 1. The predicted octanol–water partition coefficient (Wildman–Crippen LogP) is 2.27. The summed E-state index contributed by atoms with van der Waals surface area (Å²) < 4.78 is 5.72. The molecule has 3 rings (SSSR count). The van der Waals surface area contributed by atoms with Gasteiger partial charge in [-0.25, -0.2) is 0 Å². The van der Waals surface area contributed by atoms with Gasteiger partial charge in [-0.1, -0.05) is 11.6 Å². The molecule has 0 radical (unpaired) electrons. The summed E-state index contributed by atoms with van der Waals surface area (Å²) in [6, 6.07) is 6.16. The Morgan fingerprint density at radius 1 is 1.53 bits per heavy atom. The summed E-state index contributed by atoms with van der Waals surface area (Å²) in [5.41, 5.74) is 7.26. The molecule has 5 heteroatoms. The van der Waals surface area contributed by atoms with Crippen molar-refractivity contribution in [2.45, 2.75) is 6.42 Å². The average Bonchev–Trinajstić information content (AvgIpc) is 2.93. The summed E-state index contributed by atoms with van der Waals surface area (Å²) in [5.74, 6) is 0.550. The van der Waals surface area contributed by atoms with Crippen LogP contribution in [0.4, 0.5) is 6.01 Å². The molecule has 17 heavy (non-hydrogen) atoms. The van der Waals surface area contributed by atoms with Crippen molar-refractivity contribution in [2.24, 2.45) is 11.7 Å². The average molecular weight is 252 g/mol. The maximum Gasteiger partial charge on any atom is 0.298 e. The summed E-state index contributed by atoms with van der Waals surface area (Å²) >= 11 is 5.92. The highest BCUT2D eigenvalue weighted by Crippen LogP contribution is 2.27. The number of aromatic nitrogens is 1. The number of hydrogen-bond acceptors (Lipinski definition) is 4. The van der Waals surface area contributed by atoms with Gasteiger partial charge in [0.2, 0.25) is 0 Å². The van der Waals surface area contributed by atoms with Gasteiger partial charge < -0.3 is 15.1 Å². The molecule has 0 bridgehead atoms. The topological polar surface area (TPSA) is 55.3 Å². The van der Waals surface area contributed by atoms with E-state index in [9.17, 15) is 0 Å². The Hall–Kier alpha value is -1.26. The Bertz CT molecular complexity index is 540. The van der Waals surface area contributed by atoms with E-state index in [1.165, 1.54) is 0 Å². The number of anilines is 1. The number of benzene rings is 1. The van der Waals surface area contributed by atoms with Crippen LogP contribution in [-0.4, -0.2) is 24.6 Å². The van der Waals surface area contributed by atoms with E-state index in [2.05, 4.69) is 9.88 Å². The molecular formula is C12H14ClN3O. The zero-order chi connectivity index (χ0) is 11.8. The zero-order valence-electron chi connectivity index (χ0n) is 9.40. The molecule has 2 N–H and O–H groups in total. The zero-order valence-corrected chi connectivity index (χ0v) is 10.2. The highest BCUT2D eigenvalue weighted by molar-refractivity contribution is 6.31. The van der Waals surface area contributed by atoms with Crippen LogP contribution in [-0.2, 0) is 0 Å². The number of oxazole rings is 1. The van der Waals surface area contributed by atoms with Gasteiger partial charge in [0.1, 0.15) is 5.52 Å². The van der Waals surface area contributed by atoms with Gasteiger partial charge in [-0.15, -0.1) is 0 Å². The Labute approximate surface area is 104 Å². The Morgan fingerprint density at radius 2 is 2.41 bits per heavy atom. The molecule has 1 aromatic carbocycles. The Kier molecular flexibility index (Phi) is 2.68. The highest BCUT2D eigenvalue weighted by Gasteiger charge is 2.24. The first-order valence-electron chi connectivity index (χ1n) is 5.77. The molecule has 1 fully saturated rings. The van der Waals surface area contributed by atoms with Crippen molar-refractivity contribution in [1.29, 1.82) is 0 Å². The molecule has 1 aromatic heterocycles. The van der Waals surface area contributed by atoms with Gasteiger partial charge in [0, 0.05) is 18.1 Å². The molecule has 2 heterocycles. The maximum absolute atomic E-state index is 5.92. The fourth-order valence-corrected chi connectivity index (χ4v) is 2.39. The van der Waals surface area contributed by atoms with Crippen molar-refractivity contribution in [2.75, 3.05) is 24.5 Å². The lowest BCUT2D eigenvalue weighted by Crippen LogP contribution is -2.22. The largest absolute Gasteiger partial charge is 0.423 e. The van der Waals surface area contributed by atoms with E-state index in [1.54, 1.807) is 0 Å². The van der Waals surface area contributed by atoms with E-state index in [4.69, 9.17) is 21.8 Å². The minimum Gasteiger partial charge on any atom is -0.423 e. The molecule has 1 saturated heterocycles. The second kappa shape index (κ2) is 4.20. The molecule has 0 aliphatic carbocycles. The van der Waals surface area contributed by atoms with Crippen LogP contribution in [0, 0.1) is 5.92 Å². The molecule has 0 saturated carbocycles. The number of rotatable bonds is 2. The lowest BCUT2D eigenvalue weighted by molar-refractivity contribution is 0.569. The van der Waals surface area contributed by atoms with Gasteiger partial charge in [-0.2, -0.15) is 4.98 Å². The minimum atomic E-state index is 0.550. The molecule has 1 aliphatic rings. The van der Waals surface area contributed by atoms with E-state index >= 15 is 0 Å². The smallest absolute Gasteiger partial charge is 0.298 e. The first-order valence-corrected chi connectivity index (χ1v) is 6.15. The van der Waals surface area contributed by atoms with E-state index < -0.39 is 0 Å². The van der Waals surface area contributed by atoms with E-state index in [0.29, 0.717) is 17.0 Å². The van der Waals surface area contributed by atoms with Crippen LogP contribution in [0.15, 0.2) is 22.6 Å². The summed E-state index contributed by atoms with van der Waals surface area (Å²) in [7, 11) is 0. The Morgan fingerprint density at radius 3 is 3.18 bits per heavy atom. The second-order valence-electron chi connectivity index (χ2n) is 4.44. The van der Waals surface area contributed by atoms with Crippen molar-refractivity contribution >= 4 is 28.7 Å². The molecule has 1 aliphatic heterocycles. The molecule has 0 amide bonds. The van der Waals surface area contributed by atoms with Gasteiger partial charge in [0.25, 0.3) is 6.01 Å². The lowest BCUT2D eigenvalue weighted by Gasteiger charge is -2.12. The highest BCUT2D eigenvalue weighted by atomic mass is 35.5. The number of hydrogen-bond donors (Lipinski definition) is 1. The van der Waals surface area contributed by atoms with Crippen LogP contribution in [0.2, 0.25) is 5.02 Å². The lowest BCUT2D eigenvalue weighted by atomic mass is 10.1. The quantitative estimate of drug-likeness (QED) is 0.890. The molecular weight excluding hydrogens is 238 g/mol. The van der Waals surface area contributed by atoms with Crippen LogP contribution in [0.25, 0.3) is 11.1 Å². The predicted molar refractivity (Wildman–Crippen MR) is 68.4 cm³/mol. The monoisotopic (exact) mass is 251 g/mol. The molecule has 1 atom stereocenters. The Balaban J connectivity index is 1.91. The minimum absolute atomic E-state index is 0.550. The van der Waals surface area contributed by atoms with Gasteiger partial charge in [-0.05, 0) is 37.1 Å². The van der Waals surface area contributed by atoms with Crippen molar-refractivity contribution in [1.82, 2.24) is 4.98 Å². The van der Waals surface area contributed by atoms with Gasteiger partial charge in [0.15, 0.2) is 5.58 Å². The first kappa shape index (κ1) is 10.9. The molecule has 2 aromatic rings. The van der Waals surface area contributed by atoms with Crippen LogP contribution >= 0.6 is 11.6 Å². The summed E-state index contributed by atoms with van der Waals surface area (Å²) in [6.45, 7) is 2.61. The van der Waals surface area contributed by atoms with Crippen molar-refractivity contribution in [3.63, 3.8) is 0 Å². The SMILES string of the molecule is NCC1CCN(c2nc3cc(Cl)ccc3o2)C1. The van der Waals surface area contributed by atoms with Crippen LogP contribution in [0.1, 0.15) is 6.42 Å². The van der Waals surface area contributed by atoms with Gasteiger partial charge in [0.05, 0.1) is 0 Å². The number of halogens is 1. The maximum atomic E-state index is 5.92. The van der Waals surface area contributed by atoms with Crippen molar-refractivity contribution in [3.05, 3.63) is 23.2 Å². The standard InChI is InChI=1S/C12H14ClN3O/c13-9-1-2-11-10(5-9)15-12(17-11)16-4-3-8(6-14)7-16/h1-2,5,8H,3-4,6-7,14H2. The summed E-state index contributed by atoms with van der Waals surface area (Å²) in [4.78, 5) is 6.60. The molecule has 90 valence electrons. The van der Waals surface area contributed by atoms with Crippen LogP contribution in [0.3, 0.4) is 0 Å². The summed E-state index contributed by atoms with van der Waals surface area (Å²) in [6.07, 6.45) is 1.11. The third-order valence-corrected chi connectivity index (χ3v) is 3.46. The van der Waals surface area contributed by atoms with Crippen LogP contribution in [0.5, 0.6) is 0 Å². The number of fused-ring (bicyclic) bond motifs is 1. The molecule has 0 spiro atoms. The fourth-order valence-electron chi connectivity index (χ4n) is 2.22. The van der Waals surface area contributed by atoms with Crippen molar-refractivity contribution in [3.8, 4) is 0 Å². The number of nitrogens with zero attached hydrogens (tertiary/aromatic N) is 2. The third-order valence-electron chi connectivity index (χ3n) is 3.23. The van der Waals surface area contributed by atoms with Gasteiger partial charge >= 0.3 is 0 Å². The third kappa shape index (κ3) is 1.98. The molecule has 1 unspecified atom stereocenters. The van der Waals surface area contributed by atoms with E-state index in [0.717, 1.165) is 37.2 Å². The molecule has 4 nitrogen and oxygen atoms in total. The van der Waals surface area contributed by atoms with E-state index in [-0.39, 0.29) is 0 Å².